The van der Waals surface area contributed by atoms with Gasteiger partial charge >= 0.3 is 0 Å². The Morgan fingerprint density at radius 3 is 2.43 bits per heavy atom. The molecular formula is C23H21ClN2O3S. The van der Waals surface area contributed by atoms with E-state index in [1.165, 1.54) is 6.21 Å². The van der Waals surface area contributed by atoms with Crippen molar-refractivity contribution < 1.29 is 14.3 Å². The maximum absolute atomic E-state index is 12.3. The Morgan fingerprint density at radius 1 is 1.03 bits per heavy atom. The van der Waals surface area contributed by atoms with Crippen LogP contribution in [0.15, 0.2) is 76.7 Å². The molecule has 1 N–H and O–H groups in total. The maximum Gasteiger partial charge on any atom is 0.271 e. The zero-order valence-electron chi connectivity index (χ0n) is 16.6. The van der Waals surface area contributed by atoms with Crippen molar-refractivity contribution in [2.75, 3.05) is 14.2 Å². The Hall–Kier alpha value is -2.96. The summed E-state index contributed by atoms with van der Waals surface area (Å²) >= 11 is 7.62. The lowest BCUT2D eigenvalue weighted by Crippen LogP contribution is -2.17. The number of nitrogens with one attached hydrogen (secondary N) is 1. The summed E-state index contributed by atoms with van der Waals surface area (Å²) in [5.74, 6) is 1.83. The molecule has 30 heavy (non-hydrogen) atoms. The van der Waals surface area contributed by atoms with E-state index in [0.29, 0.717) is 22.6 Å². The summed E-state index contributed by atoms with van der Waals surface area (Å²) in [6.45, 7) is 0. The number of hydrogen-bond acceptors (Lipinski definition) is 5. The molecule has 3 aromatic rings. The molecule has 0 saturated carbocycles. The summed E-state index contributed by atoms with van der Waals surface area (Å²) in [6, 6.07) is 20.5. The second kappa shape index (κ2) is 10.7. The topological polar surface area (TPSA) is 59.9 Å². The molecule has 7 heteroatoms. The quantitative estimate of drug-likeness (QED) is 0.289. The fraction of sp³-hybridized carbons (Fsp3) is 0.130. The summed E-state index contributed by atoms with van der Waals surface area (Å²) in [7, 11) is 3.16. The Balaban J connectivity index is 1.57. The lowest BCUT2D eigenvalue weighted by molar-refractivity contribution is 0.0955. The first kappa shape index (κ1) is 21.7. The van der Waals surface area contributed by atoms with Gasteiger partial charge in [0.25, 0.3) is 5.91 Å². The zero-order chi connectivity index (χ0) is 21.3. The molecule has 5 nitrogen and oxygen atoms in total. The van der Waals surface area contributed by atoms with Crippen molar-refractivity contribution in [1.82, 2.24) is 5.43 Å². The van der Waals surface area contributed by atoms with Gasteiger partial charge in [-0.1, -0.05) is 23.7 Å². The molecule has 1 amide bonds. The van der Waals surface area contributed by atoms with E-state index in [9.17, 15) is 4.79 Å². The van der Waals surface area contributed by atoms with Crippen molar-refractivity contribution in [3.05, 3.63) is 88.4 Å². The number of halogens is 1. The molecule has 0 spiro atoms. The standard InChI is InChI=1S/C23H21ClN2O3S/c1-28-20-9-12-22(29-2)18(13-20)14-25-26-23(27)17-5-3-16(4-6-17)15-30-21-10-7-19(24)8-11-21/h3-14H,15H2,1-2H3,(H,26,27)/b25-14-. The largest absolute Gasteiger partial charge is 0.497 e. The van der Waals surface area contributed by atoms with Crippen molar-refractivity contribution in [2.45, 2.75) is 10.6 Å². The van der Waals surface area contributed by atoms with Crippen LogP contribution >= 0.6 is 23.4 Å². The molecule has 0 bridgehead atoms. The van der Waals surface area contributed by atoms with Crippen LogP contribution in [0.1, 0.15) is 21.5 Å². The van der Waals surface area contributed by atoms with Gasteiger partial charge in [0, 0.05) is 26.8 Å². The SMILES string of the molecule is COc1ccc(OC)c(/C=N\NC(=O)c2ccc(CSc3ccc(Cl)cc3)cc2)c1. The molecule has 0 atom stereocenters. The van der Waals surface area contributed by atoms with E-state index in [1.807, 2.05) is 36.4 Å². The number of benzene rings is 3. The number of nitrogens with zero attached hydrogens (tertiary/aromatic N) is 1. The highest BCUT2D eigenvalue weighted by atomic mass is 35.5. The minimum absolute atomic E-state index is 0.287. The highest BCUT2D eigenvalue weighted by Crippen LogP contribution is 2.24. The van der Waals surface area contributed by atoms with E-state index >= 15 is 0 Å². The third-order valence-corrected chi connectivity index (χ3v) is 5.58. The molecule has 0 aromatic heterocycles. The molecule has 0 fully saturated rings. The first-order valence-corrected chi connectivity index (χ1v) is 10.5. The number of thioether (sulfide) groups is 1. The van der Waals surface area contributed by atoms with Gasteiger partial charge in [-0.3, -0.25) is 4.79 Å². The Bertz CT molecular complexity index is 1020. The van der Waals surface area contributed by atoms with Crippen molar-refractivity contribution in [1.29, 1.82) is 0 Å². The van der Waals surface area contributed by atoms with Gasteiger partial charge in [-0.2, -0.15) is 5.10 Å². The highest BCUT2D eigenvalue weighted by Gasteiger charge is 2.06. The second-order valence-electron chi connectivity index (χ2n) is 6.25. The van der Waals surface area contributed by atoms with E-state index in [2.05, 4.69) is 10.5 Å². The summed E-state index contributed by atoms with van der Waals surface area (Å²) in [5, 5.41) is 4.76. The van der Waals surface area contributed by atoms with Crippen molar-refractivity contribution in [3.8, 4) is 11.5 Å². The molecule has 0 heterocycles. The van der Waals surface area contributed by atoms with Gasteiger partial charge in [0.05, 0.1) is 20.4 Å². The predicted octanol–water partition coefficient (Wildman–Crippen LogP) is 5.41. The van der Waals surface area contributed by atoms with Crippen LogP contribution in [0.5, 0.6) is 11.5 Å². The molecule has 0 aliphatic rings. The molecule has 0 aliphatic carbocycles. The summed E-state index contributed by atoms with van der Waals surface area (Å²) in [4.78, 5) is 13.5. The summed E-state index contributed by atoms with van der Waals surface area (Å²) < 4.78 is 10.5. The van der Waals surface area contributed by atoms with Gasteiger partial charge in [0.1, 0.15) is 11.5 Å². The third kappa shape index (κ3) is 6.02. The molecule has 0 unspecified atom stereocenters. The fourth-order valence-corrected chi connectivity index (χ4v) is 3.60. The van der Waals surface area contributed by atoms with Gasteiger partial charge < -0.3 is 9.47 Å². The predicted molar refractivity (Wildman–Crippen MR) is 122 cm³/mol. The Labute approximate surface area is 185 Å². The second-order valence-corrected chi connectivity index (χ2v) is 7.73. The summed E-state index contributed by atoms with van der Waals surface area (Å²) in [5.41, 5.74) is 4.89. The van der Waals surface area contributed by atoms with E-state index in [4.69, 9.17) is 21.1 Å². The van der Waals surface area contributed by atoms with Crippen molar-refractivity contribution in [2.24, 2.45) is 5.10 Å². The van der Waals surface area contributed by atoms with Gasteiger partial charge in [0.15, 0.2) is 0 Å². The number of methoxy groups -OCH3 is 2. The van der Waals surface area contributed by atoms with Gasteiger partial charge in [-0.25, -0.2) is 5.43 Å². The molecule has 3 rings (SSSR count). The number of hydrogen-bond donors (Lipinski definition) is 1. The minimum atomic E-state index is -0.287. The van der Waals surface area contributed by atoms with Crippen LogP contribution < -0.4 is 14.9 Å². The third-order valence-electron chi connectivity index (χ3n) is 4.24. The molecular weight excluding hydrogens is 420 g/mol. The van der Waals surface area contributed by atoms with Crippen LogP contribution in [0.3, 0.4) is 0 Å². The van der Waals surface area contributed by atoms with E-state index in [-0.39, 0.29) is 5.91 Å². The van der Waals surface area contributed by atoms with Crippen LogP contribution in [-0.2, 0) is 5.75 Å². The number of hydrazone groups is 1. The van der Waals surface area contributed by atoms with Crippen LogP contribution in [0.25, 0.3) is 0 Å². The van der Waals surface area contributed by atoms with Crippen LogP contribution in [0.2, 0.25) is 5.02 Å². The van der Waals surface area contributed by atoms with E-state index in [1.54, 1.807) is 56.3 Å². The Kier molecular flexibility index (Phi) is 7.76. The zero-order valence-corrected chi connectivity index (χ0v) is 18.2. The summed E-state index contributed by atoms with van der Waals surface area (Å²) in [6.07, 6.45) is 1.52. The van der Waals surface area contributed by atoms with Gasteiger partial charge in [0.2, 0.25) is 0 Å². The maximum atomic E-state index is 12.3. The van der Waals surface area contributed by atoms with E-state index < -0.39 is 0 Å². The fourth-order valence-electron chi connectivity index (χ4n) is 2.62. The molecule has 0 radical (unpaired) electrons. The average molecular weight is 441 g/mol. The molecule has 0 saturated heterocycles. The smallest absolute Gasteiger partial charge is 0.271 e. The number of carbonyl (C=O) groups excluding carboxylic acids is 1. The van der Waals surface area contributed by atoms with Crippen LogP contribution in [-0.4, -0.2) is 26.3 Å². The van der Waals surface area contributed by atoms with E-state index in [0.717, 1.165) is 21.2 Å². The first-order chi connectivity index (χ1) is 14.6. The first-order valence-electron chi connectivity index (χ1n) is 9.12. The number of ether oxygens (including phenoxy) is 2. The molecule has 3 aromatic carbocycles. The van der Waals surface area contributed by atoms with Gasteiger partial charge in [-0.05, 0) is 60.2 Å². The average Bonchev–Trinajstić information content (AvgIpc) is 2.79. The number of amides is 1. The lowest BCUT2D eigenvalue weighted by Gasteiger charge is -2.07. The normalized spacial score (nSPS) is 10.8. The molecule has 0 aliphatic heterocycles. The van der Waals surface area contributed by atoms with Crippen molar-refractivity contribution >= 4 is 35.5 Å². The minimum Gasteiger partial charge on any atom is -0.497 e. The lowest BCUT2D eigenvalue weighted by atomic mass is 10.1. The number of carbonyl (C=O) groups is 1. The van der Waals surface area contributed by atoms with Crippen LogP contribution in [0, 0.1) is 0 Å². The van der Waals surface area contributed by atoms with Crippen molar-refractivity contribution in [3.63, 3.8) is 0 Å². The van der Waals surface area contributed by atoms with Gasteiger partial charge in [-0.15, -0.1) is 11.8 Å². The highest BCUT2D eigenvalue weighted by molar-refractivity contribution is 7.98. The molecule has 154 valence electrons. The van der Waals surface area contributed by atoms with Crippen LogP contribution in [0.4, 0.5) is 0 Å². The number of rotatable bonds is 8. The monoisotopic (exact) mass is 440 g/mol. The Morgan fingerprint density at radius 2 is 1.77 bits per heavy atom.